The molecule has 1 aromatic heterocycles. The van der Waals surface area contributed by atoms with Crippen LogP contribution in [0.2, 0.25) is 0 Å². The van der Waals surface area contributed by atoms with E-state index in [-0.39, 0.29) is 0 Å². The van der Waals surface area contributed by atoms with E-state index in [1.54, 1.807) is 0 Å². The average Bonchev–Trinajstić information content (AvgIpc) is 2.47. The highest BCUT2D eigenvalue weighted by molar-refractivity contribution is 14.1. The van der Waals surface area contributed by atoms with Crippen molar-refractivity contribution < 1.29 is 0 Å². The summed E-state index contributed by atoms with van der Waals surface area (Å²) in [5, 5.41) is 0.841. The number of anilines is 1. The predicted octanol–water partition coefficient (Wildman–Crippen LogP) is 2.64. The number of H-pyrrole nitrogens is 1. The van der Waals surface area contributed by atoms with Crippen molar-refractivity contribution in [3.05, 3.63) is 21.3 Å². The number of aromatic amines is 1. The van der Waals surface area contributed by atoms with Gasteiger partial charge in [-0.2, -0.15) is 0 Å². The van der Waals surface area contributed by atoms with E-state index < -0.39 is 0 Å². The summed E-state index contributed by atoms with van der Waals surface area (Å²) < 4.78 is 1.15. The van der Waals surface area contributed by atoms with E-state index in [9.17, 15) is 0 Å². The summed E-state index contributed by atoms with van der Waals surface area (Å²) in [7, 11) is 0. The summed E-state index contributed by atoms with van der Waals surface area (Å²) in [5.74, 6) is 0.472. The van der Waals surface area contributed by atoms with Gasteiger partial charge in [-0.15, -0.1) is 0 Å². The van der Waals surface area contributed by atoms with Gasteiger partial charge in [0.1, 0.15) is 5.52 Å². The van der Waals surface area contributed by atoms with Gasteiger partial charge in [-0.25, -0.2) is 4.98 Å². The van der Waals surface area contributed by atoms with Gasteiger partial charge in [-0.1, -0.05) is 22.0 Å². The van der Waals surface area contributed by atoms with Crippen molar-refractivity contribution in [2.75, 3.05) is 5.73 Å². The molecule has 1 heterocycles. The first-order chi connectivity index (χ1) is 6.22. The zero-order valence-corrected chi connectivity index (χ0v) is 10.4. The Balaban J connectivity index is 2.78. The Labute approximate surface area is 97.4 Å². The van der Waals surface area contributed by atoms with Gasteiger partial charge in [0.2, 0.25) is 0 Å². The standard InChI is InChI=1S/C8H7BrIN3/c9-3-4-1-2-5-7(6(4)10)13-8(11)12-5/h1-2H,3H2,(H3,11,12,13). The summed E-state index contributed by atoms with van der Waals surface area (Å²) in [6.45, 7) is 0. The summed E-state index contributed by atoms with van der Waals surface area (Å²) in [6, 6.07) is 4.06. The molecule has 0 spiro atoms. The predicted molar refractivity (Wildman–Crippen MR) is 65.9 cm³/mol. The minimum absolute atomic E-state index is 0.472. The van der Waals surface area contributed by atoms with Crippen molar-refractivity contribution in [3.8, 4) is 0 Å². The zero-order chi connectivity index (χ0) is 9.42. The molecule has 0 atom stereocenters. The molecule has 0 aliphatic rings. The lowest BCUT2D eigenvalue weighted by molar-refractivity contribution is 1.35. The third kappa shape index (κ3) is 1.54. The largest absolute Gasteiger partial charge is 0.369 e. The lowest BCUT2D eigenvalue weighted by Gasteiger charge is -1.99. The van der Waals surface area contributed by atoms with Crippen LogP contribution in [-0.2, 0) is 5.33 Å². The Morgan fingerprint density at radius 3 is 3.00 bits per heavy atom. The summed E-state index contributed by atoms with van der Waals surface area (Å²) in [4.78, 5) is 7.21. The molecule has 1 aromatic carbocycles. The molecule has 0 radical (unpaired) electrons. The van der Waals surface area contributed by atoms with Gasteiger partial charge in [0.25, 0.3) is 0 Å². The molecule has 0 bridgehead atoms. The quantitative estimate of drug-likeness (QED) is 0.613. The van der Waals surface area contributed by atoms with E-state index >= 15 is 0 Å². The maximum atomic E-state index is 5.57. The minimum Gasteiger partial charge on any atom is -0.369 e. The van der Waals surface area contributed by atoms with Crippen LogP contribution >= 0.6 is 38.5 Å². The Kier molecular flexibility index (Phi) is 2.46. The first-order valence-electron chi connectivity index (χ1n) is 3.71. The molecule has 13 heavy (non-hydrogen) atoms. The molecular formula is C8H7BrIN3. The second-order valence-electron chi connectivity index (χ2n) is 2.69. The van der Waals surface area contributed by atoms with Gasteiger partial charge in [0.15, 0.2) is 5.95 Å². The van der Waals surface area contributed by atoms with Gasteiger partial charge >= 0.3 is 0 Å². The molecule has 0 saturated heterocycles. The number of hydrogen-bond donors (Lipinski definition) is 2. The van der Waals surface area contributed by atoms with E-state index in [1.165, 1.54) is 5.56 Å². The number of nitrogens with zero attached hydrogens (tertiary/aromatic N) is 1. The number of alkyl halides is 1. The van der Waals surface area contributed by atoms with Crippen molar-refractivity contribution in [3.63, 3.8) is 0 Å². The van der Waals surface area contributed by atoms with E-state index in [0.29, 0.717) is 5.95 Å². The normalized spacial score (nSPS) is 10.9. The van der Waals surface area contributed by atoms with E-state index in [2.05, 4.69) is 54.6 Å². The van der Waals surface area contributed by atoms with E-state index in [1.807, 2.05) is 6.07 Å². The van der Waals surface area contributed by atoms with Gasteiger partial charge in [0, 0.05) is 8.90 Å². The van der Waals surface area contributed by atoms with Crippen LogP contribution in [0.1, 0.15) is 5.56 Å². The van der Waals surface area contributed by atoms with Crippen LogP contribution < -0.4 is 5.73 Å². The molecule has 0 aliphatic heterocycles. The monoisotopic (exact) mass is 351 g/mol. The van der Waals surface area contributed by atoms with Crippen molar-refractivity contribution in [1.29, 1.82) is 0 Å². The van der Waals surface area contributed by atoms with Crippen molar-refractivity contribution in [2.45, 2.75) is 5.33 Å². The lowest BCUT2D eigenvalue weighted by atomic mass is 10.2. The number of rotatable bonds is 1. The first-order valence-corrected chi connectivity index (χ1v) is 5.91. The van der Waals surface area contributed by atoms with Crippen LogP contribution in [-0.4, -0.2) is 9.97 Å². The summed E-state index contributed by atoms with van der Waals surface area (Å²) in [6.07, 6.45) is 0. The second kappa shape index (κ2) is 3.45. The highest BCUT2D eigenvalue weighted by atomic mass is 127. The SMILES string of the molecule is Nc1nc2c(I)c(CBr)ccc2[nH]1. The fourth-order valence-electron chi connectivity index (χ4n) is 1.21. The van der Waals surface area contributed by atoms with Crippen LogP contribution in [0.4, 0.5) is 5.95 Å². The molecule has 68 valence electrons. The third-order valence-corrected chi connectivity index (χ3v) is 3.64. The topological polar surface area (TPSA) is 54.7 Å². The first kappa shape index (κ1) is 9.26. The van der Waals surface area contributed by atoms with Crippen LogP contribution in [0.25, 0.3) is 11.0 Å². The van der Waals surface area contributed by atoms with Crippen molar-refractivity contribution in [2.24, 2.45) is 0 Å². The number of benzene rings is 1. The van der Waals surface area contributed by atoms with Gasteiger partial charge in [-0.3, -0.25) is 0 Å². The van der Waals surface area contributed by atoms with Gasteiger partial charge in [-0.05, 0) is 34.2 Å². The number of aromatic nitrogens is 2. The van der Waals surface area contributed by atoms with Crippen molar-refractivity contribution in [1.82, 2.24) is 9.97 Å². The van der Waals surface area contributed by atoms with Crippen LogP contribution in [0.3, 0.4) is 0 Å². The second-order valence-corrected chi connectivity index (χ2v) is 4.33. The van der Waals surface area contributed by atoms with E-state index in [0.717, 1.165) is 19.9 Å². The highest BCUT2D eigenvalue weighted by Crippen LogP contribution is 2.24. The molecule has 0 fully saturated rings. The molecule has 0 saturated carbocycles. The lowest BCUT2D eigenvalue weighted by Crippen LogP contribution is -1.86. The molecule has 2 rings (SSSR count). The molecule has 0 aliphatic carbocycles. The molecule has 0 amide bonds. The van der Waals surface area contributed by atoms with Gasteiger partial charge < -0.3 is 10.7 Å². The molecule has 5 heteroatoms. The van der Waals surface area contributed by atoms with Gasteiger partial charge in [0.05, 0.1) is 5.52 Å². The highest BCUT2D eigenvalue weighted by Gasteiger charge is 2.07. The van der Waals surface area contributed by atoms with Crippen LogP contribution in [0, 0.1) is 3.57 Å². The maximum Gasteiger partial charge on any atom is 0.198 e. The summed E-state index contributed by atoms with van der Waals surface area (Å²) in [5.41, 5.74) is 8.75. The third-order valence-electron chi connectivity index (χ3n) is 1.84. The fourth-order valence-corrected chi connectivity index (χ4v) is 2.98. The number of hydrogen-bond acceptors (Lipinski definition) is 2. The fraction of sp³-hybridized carbons (Fsp3) is 0.125. The maximum absolute atomic E-state index is 5.57. The molecule has 0 unspecified atom stereocenters. The number of halogens is 2. The van der Waals surface area contributed by atoms with Crippen LogP contribution in [0.15, 0.2) is 12.1 Å². The number of nitrogens with two attached hydrogens (primary N) is 1. The number of nitrogens with one attached hydrogen (secondary N) is 1. The molecule has 3 nitrogen and oxygen atoms in total. The average molecular weight is 352 g/mol. The van der Waals surface area contributed by atoms with E-state index in [4.69, 9.17) is 5.73 Å². The Morgan fingerprint density at radius 2 is 2.31 bits per heavy atom. The Hall–Kier alpha value is -0.300. The Bertz CT molecular complexity index is 452. The summed E-state index contributed by atoms with van der Waals surface area (Å²) >= 11 is 5.71. The number of imidazole rings is 1. The molecule has 2 aromatic rings. The van der Waals surface area contributed by atoms with Crippen LogP contribution in [0.5, 0.6) is 0 Å². The molecular weight excluding hydrogens is 345 g/mol. The zero-order valence-electron chi connectivity index (χ0n) is 6.64. The smallest absolute Gasteiger partial charge is 0.198 e. The van der Waals surface area contributed by atoms with Crippen molar-refractivity contribution >= 4 is 55.5 Å². The molecule has 3 N–H and O–H groups in total. The minimum atomic E-state index is 0.472. The Morgan fingerprint density at radius 1 is 1.54 bits per heavy atom. The number of fused-ring (bicyclic) bond motifs is 1. The number of nitrogen functional groups attached to an aromatic ring is 1.